The molecule has 3 aromatic carbocycles. The number of para-hydroxylation sites is 1. The molecule has 0 aliphatic rings. The largest absolute Gasteiger partial charge is 0.492 e. The number of nitrogens with zero attached hydrogens (tertiary/aromatic N) is 1. The molecule has 0 spiro atoms. The van der Waals surface area contributed by atoms with Gasteiger partial charge in [-0.05, 0) is 43.7 Å². The van der Waals surface area contributed by atoms with Crippen molar-refractivity contribution in [1.82, 2.24) is 4.98 Å². The van der Waals surface area contributed by atoms with Crippen LogP contribution in [0.5, 0.6) is 5.75 Å². The Morgan fingerprint density at radius 2 is 1.68 bits per heavy atom. The van der Waals surface area contributed by atoms with Crippen molar-refractivity contribution in [2.24, 2.45) is 0 Å². The van der Waals surface area contributed by atoms with Gasteiger partial charge in [0.25, 0.3) is 0 Å². The fourth-order valence-corrected chi connectivity index (χ4v) is 3.25. The van der Waals surface area contributed by atoms with Crippen molar-refractivity contribution in [2.45, 2.75) is 20.3 Å². The lowest BCUT2D eigenvalue weighted by Crippen LogP contribution is -2.15. The number of oxazole rings is 1. The molecule has 0 unspecified atom stereocenters. The van der Waals surface area contributed by atoms with Gasteiger partial charge in [-0.3, -0.25) is 4.79 Å². The molecule has 1 aromatic heterocycles. The molecule has 1 N–H and O–H groups in total. The third-order valence-electron chi connectivity index (χ3n) is 4.98. The Balaban J connectivity index is 1.36. The van der Waals surface area contributed by atoms with E-state index in [-0.39, 0.29) is 18.9 Å². The van der Waals surface area contributed by atoms with Gasteiger partial charge in [-0.1, -0.05) is 54.6 Å². The van der Waals surface area contributed by atoms with Crippen LogP contribution >= 0.6 is 0 Å². The van der Waals surface area contributed by atoms with E-state index in [0.29, 0.717) is 11.6 Å². The maximum atomic E-state index is 12.4. The van der Waals surface area contributed by atoms with Crippen LogP contribution in [0.15, 0.2) is 83.3 Å². The smallest absolute Gasteiger partial charge is 0.227 e. The maximum Gasteiger partial charge on any atom is 0.227 e. The van der Waals surface area contributed by atoms with Gasteiger partial charge < -0.3 is 14.5 Å². The average molecular weight is 412 g/mol. The number of nitrogens with one attached hydrogen (secondary N) is 1. The predicted molar refractivity (Wildman–Crippen MR) is 122 cm³/mol. The highest BCUT2D eigenvalue weighted by Gasteiger charge is 2.11. The summed E-state index contributed by atoms with van der Waals surface area (Å²) in [5.41, 5.74) is 4.46. The number of amides is 1. The standard InChI is InChI=1S/C26H24N2O3/c1-18-19(2)31-26(27-18)21-11-8-12-22(17-21)28-25(29)15-16-30-24-14-7-6-13-23(24)20-9-4-3-5-10-20/h3-14,17H,15-16H2,1-2H3,(H,28,29). The molecule has 0 saturated carbocycles. The number of anilines is 1. The lowest BCUT2D eigenvalue weighted by molar-refractivity contribution is -0.116. The number of benzene rings is 3. The minimum absolute atomic E-state index is 0.117. The second kappa shape index (κ2) is 9.30. The molecule has 1 amide bonds. The third kappa shape index (κ3) is 5.01. The van der Waals surface area contributed by atoms with Gasteiger partial charge in [-0.2, -0.15) is 0 Å². The van der Waals surface area contributed by atoms with Gasteiger partial charge in [0.15, 0.2) is 0 Å². The Labute approximate surface area is 181 Å². The zero-order chi connectivity index (χ0) is 21.6. The summed E-state index contributed by atoms with van der Waals surface area (Å²) < 4.78 is 11.6. The number of carbonyl (C=O) groups excluding carboxylic acids is 1. The zero-order valence-electron chi connectivity index (χ0n) is 17.6. The first-order valence-electron chi connectivity index (χ1n) is 10.2. The molecule has 31 heavy (non-hydrogen) atoms. The summed E-state index contributed by atoms with van der Waals surface area (Å²) in [6.45, 7) is 4.07. The van der Waals surface area contributed by atoms with Gasteiger partial charge in [0, 0.05) is 16.8 Å². The first-order chi connectivity index (χ1) is 15.1. The van der Waals surface area contributed by atoms with Crippen LogP contribution in [-0.4, -0.2) is 17.5 Å². The summed E-state index contributed by atoms with van der Waals surface area (Å²) in [6.07, 6.45) is 0.241. The molecule has 0 saturated heterocycles. The van der Waals surface area contributed by atoms with E-state index in [9.17, 15) is 4.79 Å². The fraction of sp³-hybridized carbons (Fsp3) is 0.154. The SMILES string of the molecule is Cc1nc(-c2cccc(NC(=O)CCOc3ccccc3-c3ccccc3)c2)oc1C. The highest BCUT2D eigenvalue weighted by atomic mass is 16.5. The summed E-state index contributed by atoms with van der Waals surface area (Å²) in [5, 5.41) is 2.92. The van der Waals surface area contributed by atoms with Crippen molar-refractivity contribution >= 4 is 11.6 Å². The molecule has 0 bridgehead atoms. The molecule has 156 valence electrons. The first-order valence-corrected chi connectivity index (χ1v) is 10.2. The maximum absolute atomic E-state index is 12.4. The van der Waals surface area contributed by atoms with Crippen LogP contribution < -0.4 is 10.1 Å². The Morgan fingerprint density at radius 3 is 2.45 bits per heavy atom. The highest BCUT2D eigenvalue weighted by molar-refractivity contribution is 5.91. The van der Waals surface area contributed by atoms with Crippen LogP contribution in [-0.2, 0) is 4.79 Å². The van der Waals surface area contributed by atoms with Crippen molar-refractivity contribution in [2.75, 3.05) is 11.9 Å². The van der Waals surface area contributed by atoms with Gasteiger partial charge in [0.05, 0.1) is 18.7 Å². The normalized spacial score (nSPS) is 10.6. The summed E-state index contributed by atoms with van der Waals surface area (Å²) in [6, 6.07) is 25.4. The van der Waals surface area contributed by atoms with Crippen LogP contribution in [0, 0.1) is 13.8 Å². The summed E-state index contributed by atoms with van der Waals surface area (Å²) in [5.74, 6) is 1.98. The molecule has 5 heteroatoms. The molecule has 0 fully saturated rings. The van der Waals surface area contributed by atoms with E-state index < -0.39 is 0 Å². The number of carbonyl (C=O) groups is 1. The lowest BCUT2D eigenvalue weighted by atomic mass is 10.1. The van der Waals surface area contributed by atoms with Gasteiger partial charge in [0.2, 0.25) is 11.8 Å². The molecule has 4 rings (SSSR count). The second-order valence-electron chi connectivity index (χ2n) is 7.25. The van der Waals surface area contributed by atoms with Crippen LogP contribution in [0.1, 0.15) is 17.9 Å². The Morgan fingerprint density at radius 1 is 0.935 bits per heavy atom. The Hall–Kier alpha value is -3.86. The lowest BCUT2D eigenvalue weighted by Gasteiger charge is -2.12. The Bertz CT molecular complexity index is 1160. The van der Waals surface area contributed by atoms with Crippen LogP contribution in [0.4, 0.5) is 5.69 Å². The molecule has 5 nitrogen and oxygen atoms in total. The van der Waals surface area contributed by atoms with Crippen molar-refractivity contribution in [3.8, 4) is 28.3 Å². The number of aryl methyl sites for hydroxylation is 2. The van der Waals surface area contributed by atoms with Gasteiger partial charge >= 0.3 is 0 Å². The number of aromatic nitrogens is 1. The van der Waals surface area contributed by atoms with Crippen LogP contribution in [0.25, 0.3) is 22.6 Å². The highest BCUT2D eigenvalue weighted by Crippen LogP contribution is 2.29. The van der Waals surface area contributed by atoms with Gasteiger partial charge in [-0.15, -0.1) is 0 Å². The number of hydrogen-bond donors (Lipinski definition) is 1. The summed E-state index contributed by atoms with van der Waals surface area (Å²) in [4.78, 5) is 16.9. The molecular weight excluding hydrogens is 388 g/mol. The van der Waals surface area contributed by atoms with Crippen LogP contribution in [0.2, 0.25) is 0 Å². The monoisotopic (exact) mass is 412 g/mol. The van der Waals surface area contributed by atoms with Gasteiger partial charge in [0.1, 0.15) is 11.5 Å². The van der Waals surface area contributed by atoms with Crippen LogP contribution in [0.3, 0.4) is 0 Å². The molecule has 0 radical (unpaired) electrons. The van der Waals surface area contributed by atoms with E-state index >= 15 is 0 Å². The van der Waals surface area contributed by atoms with Crippen molar-refractivity contribution in [3.05, 3.63) is 90.3 Å². The second-order valence-corrected chi connectivity index (χ2v) is 7.25. The Kier molecular flexibility index (Phi) is 6.13. The van der Waals surface area contributed by atoms with E-state index in [4.69, 9.17) is 9.15 Å². The average Bonchev–Trinajstić information content (AvgIpc) is 3.13. The topological polar surface area (TPSA) is 64.4 Å². The molecule has 0 aliphatic carbocycles. The van der Waals surface area contributed by atoms with E-state index in [2.05, 4.69) is 10.3 Å². The molecule has 0 aliphatic heterocycles. The summed E-state index contributed by atoms with van der Waals surface area (Å²) in [7, 11) is 0. The molecule has 1 heterocycles. The molecule has 4 aromatic rings. The van der Waals surface area contributed by atoms with Crippen molar-refractivity contribution in [3.63, 3.8) is 0 Å². The quantitative estimate of drug-likeness (QED) is 0.402. The molecule has 0 atom stereocenters. The summed E-state index contributed by atoms with van der Waals surface area (Å²) >= 11 is 0. The molecular formula is C26H24N2O3. The van der Waals surface area contributed by atoms with Crippen molar-refractivity contribution < 1.29 is 13.9 Å². The number of rotatable bonds is 7. The predicted octanol–water partition coefficient (Wildman–Crippen LogP) is 6.03. The van der Waals surface area contributed by atoms with Crippen molar-refractivity contribution in [1.29, 1.82) is 0 Å². The fourth-order valence-electron chi connectivity index (χ4n) is 3.25. The van der Waals surface area contributed by atoms with E-state index in [1.807, 2.05) is 92.7 Å². The minimum Gasteiger partial charge on any atom is -0.492 e. The third-order valence-corrected chi connectivity index (χ3v) is 4.98. The first kappa shape index (κ1) is 20.4. The number of ether oxygens (including phenoxy) is 1. The zero-order valence-corrected chi connectivity index (χ0v) is 17.6. The van der Waals surface area contributed by atoms with Gasteiger partial charge in [-0.25, -0.2) is 4.98 Å². The minimum atomic E-state index is -0.117. The van der Waals surface area contributed by atoms with E-state index in [1.54, 1.807) is 0 Å². The number of hydrogen-bond acceptors (Lipinski definition) is 4. The van der Waals surface area contributed by atoms with E-state index in [0.717, 1.165) is 33.9 Å². The van der Waals surface area contributed by atoms with E-state index in [1.165, 1.54) is 0 Å².